The van der Waals surface area contributed by atoms with Crippen LogP contribution >= 0.6 is 0 Å². The van der Waals surface area contributed by atoms with Crippen LogP contribution < -0.4 is 5.32 Å². The van der Waals surface area contributed by atoms with Crippen LogP contribution in [0.3, 0.4) is 0 Å². The summed E-state index contributed by atoms with van der Waals surface area (Å²) in [5, 5.41) is 2.54. The number of aryl methyl sites for hydroxylation is 2. The maximum Gasteiger partial charge on any atom is 0.325 e. The van der Waals surface area contributed by atoms with Crippen LogP contribution in [0.2, 0.25) is 0 Å². The molecule has 1 saturated heterocycles. The third-order valence-electron chi connectivity index (χ3n) is 5.62. The molecular weight excluding hydrogens is 374 g/mol. The Morgan fingerprint density at radius 1 is 1.03 bits per heavy atom. The molecule has 0 saturated carbocycles. The van der Waals surface area contributed by atoms with Gasteiger partial charge in [0.2, 0.25) is 0 Å². The van der Waals surface area contributed by atoms with Crippen molar-refractivity contribution < 1.29 is 18.4 Å². The Bertz CT molecular complexity index is 987. The average Bonchev–Trinajstić information content (AvgIpc) is 2.82. The smallest absolute Gasteiger partial charge is 0.319 e. The number of nitrogens with zero attached hydrogens (tertiary/aromatic N) is 1. The number of hydrogen-bond acceptors (Lipinski definition) is 2. The molecule has 1 atom stereocenters. The molecule has 1 heterocycles. The Hall–Kier alpha value is -2.76. The zero-order valence-corrected chi connectivity index (χ0v) is 17.6. The number of nitrogens with one attached hydrogen (secondary N) is 1. The lowest BCUT2D eigenvalue weighted by atomic mass is 9.83. The van der Waals surface area contributed by atoms with Gasteiger partial charge in [-0.05, 0) is 66.6 Å². The van der Waals surface area contributed by atoms with E-state index in [0.29, 0.717) is 0 Å². The highest BCUT2D eigenvalue weighted by Crippen LogP contribution is 2.33. The number of hydrogen-bond donors (Lipinski definition) is 1. The number of halogens is 2. The van der Waals surface area contributed by atoms with Gasteiger partial charge in [-0.15, -0.1) is 0 Å². The van der Waals surface area contributed by atoms with E-state index in [4.69, 9.17) is 0 Å². The quantitative estimate of drug-likeness (QED) is 0.749. The first-order valence-electron chi connectivity index (χ1n) is 9.55. The Morgan fingerprint density at radius 3 is 2.17 bits per heavy atom. The zero-order valence-electron chi connectivity index (χ0n) is 17.6. The van der Waals surface area contributed by atoms with Crippen LogP contribution in [-0.4, -0.2) is 16.8 Å². The topological polar surface area (TPSA) is 49.4 Å². The predicted molar refractivity (Wildman–Crippen MR) is 107 cm³/mol. The molecule has 1 aliphatic heterocycles. The first kappa shape index (κ1) is 21.0. The fraction of sp³-hybridized carbons (Fsp3) is 0.391. The summed E-state index contributed by atoms with van der Waals surface area (Å²) in [6.45, 7) is 11.7. The van der Waals surface area contributed by atoms with E-state index in [1.54, 1.807) is 0 Å². The number of imide groups is 1. The number of carbonyl (C=O) groups excluding carboxylic acids is 2. The van der Waals surface area contributed by atoms with Crippen molar-refractivity contribution in [2.75, 3.05) is 0 Å². The molecule has 2 aromatic rings. The van der Waals surface area contributed by atoms with Crippen LogP contribution in [0.4, 0.5) is 13.6 Å². The van der Waals surface area contributed by atoms with Gasteiger partial charge in [0.05, 0.1) is 6.54 Å². The lowest BCUT2D eigenvalue weighted by Gasteiger charge is -2.25. The van der Waals surface area contributed by atoms with Crippen molar-refractivity contribution in [3.05, 3.63) is 69.8 Å². The molecule has 1 aliphatic rings. The number of benzene rings is 2. The van der Waals surface area contributed by atoms with Gasteiger partial charge in [-0.25, -0.2) is 13.6 Å². The minimum atomic E-state index is -1.66. The first-order valence-corrected chi connectivity index (χ1v) is 9.55. The van der Waals surface area contributed by atoms with Gasteiger partial charge >= 0.3 is 6.03 Å². The summed E-state index contributed by atoms with van der Waals surface area (Å²) in [7, 11) is 0. The van der Waals surface area contributed by atoms with Gasteiger partial charge in [-0.3, -0.25) is 9.69 Å². The van der Waals surface area contributed by atoms with E-state index in [-0.39, 0.29) is 17.5 Å². The maximum absolute atomic E-state index is 14.3. The van der Waals surface area contributed by atoms with Gasteiger partial charge in [0.1, 0.15) is 17.2 Å². The molecule has 154 valence electrons. The summed E-state index contributed by atoms with van der Waals surface area (Å²) in [6, 6.07) is 6.38. The molecule has 4 nitrogen and oxygen atoms in total. The van der Waals surface area contributed by atoms with Crippen molar-refractivity contribution in [3.8, 4) is 0 Å². The highest BCUT2D eigenvalue weighted by atomic mass is 19.1. The molecule has 0 radical (unpaired) electrons. The number of urea groups is 1. The van der Waals surface area contributed by atoms with Gasteiger partial charge in [0.15, 0.2) is 0 Å². The molecule has 0 unspecified atom stereocenters. The minimum absolute atomic E-state index is 0.0254. The van der Waals surface area contributed by atoms with Gasteiger partial charge in [-0.1, -0.05) is 32.9 Å². The SMILES string of the molecule is Cc1cc(C(C)(C)C)cc(C)c1CN1C(=O)N[C@@](C)(c2cc(F)ccc2F)C1=O. The van der Waals surface area contributed by atoms with E-state index in [1.807, 2.05) is 13.8 Å². The van der Waals surface area contributed by atoms with E-state index in [2.05, 4.69) is 38.2 Å². The summed E-state index contributed by atoms with van der Waals surface area (Å²) in [6.07, 6.45) is 0. The molecule has 2 aromatic carbocycles. The Labute approximate surface area is 169 Å². The standard InChI is InChI=1S/C23H26F2N2O2/c1-13-9-15(22(3,4)5)10-14(2)17(13)12-27-20(28)23(6,26-21(27)29)18-11-16(24)7-8-19(18)25/h7-11H,12H2,1-6H3,(H,26,29)/t23-/m0/s1. The molecule has 1 fully saturated rings. The van der Waals surface area contributed by atoms with Crippen LogP contribution in [0.5, 0.6) is 0 Å². The highest BCUT2D eigenvalue weighted by molar-refractivity contribution is 6.07. The summed E-state index contributed by atoms with van der Waals surface area (Å²) in [5.41, 5.74) is 2.11. The lowest BCUT2D eigenvalue weighted by molar-refractivity contribution is -0.131. The summed E-state index contributed by atoms with van der Waals surface area (Å²) in [4.78, 5) is 26.8. The Kier molecular flexibility index (Phi) is 5.01. The van der Waals surface area contributed by atoms with Crippen molar-refractivity contribution in [1.82, 2.24) is 10.2 Å². The third-order valence-corrected chi connectivity index (χ3v) is 5.62. The number of carbonyl (C=O) groups is 2. The van der Waals surface area contributed by atoms with Crippen LogP contribution in [0, 0.1) is 25.5 Å². The summed E-state index contributed by atoms with van der Waals surface area (Å²) < 4.78 is 28.0. The van der Waals surface area contributed by atoms with Crippen molar-refractivity contribution in [2.24, 2.45) is 0 Å². The van der Waals surface area contributed by atoms with Gasteiger partial charge < -0.3 is 5.32 Å². The lowest BCUT2D eigenvalue weighted by Crippen LogP contribution is -2.41. The van der Waals surface area contributed by atoms with Crippen LogP contribution in [-0.2, 0) is 22.3 Å². The largest absolute Gasteiger partial charge is 0.325 e. The molecule has 0 aromatic heterocycles. The zero-order chi connectivity index (χ0) is 21.7. The second-order valence-electron chi connectivity index (χ2n) is 8.91. The average molecular weight is 400 g/mol. The minimum Gasteiger partial charge on any atom is -0.319 e. The molecule has 0 aliphatic carbocycles. The summed E-state index contributed by atoms with van der Waals surface area (Å²) in [5.74, 6) is -2.02. The van der Waals surface area contributed by atoms with E-state index >= 15 is 0 Å². The van der Waals surface area contributed by atoms with Crippen molar-refractivity contribution in [2.45, 2.75) is 59.0 Å². The first-order chi connectivity index (χ1) is 13.3. The van der Waals surface area contributed by atoms with Crippen molar-refractivity contribution in [1.29, 1.82) is 0 Å². The number of rotatable bonds is 3. The molecular formula is C23H26F2N2O2. The van der Waals surface area contributed by atoms with Crippen LogP contribution in [0.15, 0.2) is 30.3 Å². The van der Waals surface area contributed by atoms with Gasteiger partial charge in [-0.2, -0.15) is 0 Å². The normalized spacial score (nSPS) is 19.7. The Morgan fingerprint density at radius 2 is 1.62 bits per heavy atom. The molecule has 0 bridgehead atoms. The van der Waals surface area contributed by atoms with Crippen LogP contribution in [0.25, 0.3) is 0 Å². The maximum atomic E-state index is 14.3. The second-order valence-corrected chi connectivity index (χ2v) is 8.91. The summed E-state index contributed by atoms with van der Waals surface area (Å²) >= 11 is 0. The Balaban J connectivity index is 1.97. The van der Waals surface area contributed by atoms with E-state index in [1.165, 1.54) is 12.5 Å². The van der Waals surface area contributed by atoms with E-state index in [0.717, 1.165) is 39.8 Å². The van der Waals surface area contributed by atoms with E-state index in [9.17, 15) is 18.4 Å². The predicted octanol–water partition coefficient (Wildman–Crippen LogP) is 4.85. The molecule has 0 spiro atoms. The molecule has 1 N–H and O–H groups in total. The molecule has 3 amide bonds. The van der Waals surface area contributed by atoms with E-state index < -0.39 is 29.1 Å². The van der Waals surface area contributed by atoms with Gasteiger partial charge in [0.25, 0.3) is 5.91 Å². The number of amides is 3. The second kappa shape index (κ2) is 6.94. The monoisotopic (exact) mass is 400 g/mol. The fourth-order valence-corrected chi connectivity index (χ4v) is 3.74. The van der Waals surface area contributed by atoms with Crippen molar-refractivity contribution in [3.63, 3.8) is 0 Å². The van der Waals surface area contributed by atoms with Crippen molar-refractivity contribution >= 4 is 11.9 Å². The highest BCUT2D eigenvalue weighted by Gasteiger charge is 2.50. The third kappa shape index (κ3) is 3.63. The van der Waals surface area contributed by atoms with Crippen LogP contribution in [0.1, 0.15) is 55.5 Å². The van der Waals surface area contributed by atoms with Gasteiger partial charge in [0, 0.05) is 5.56 Å². The molecule has 6 heteroatoms. The molecule has 3 rings (SSSR count). The fourth-order valence-electron chi connectivity index (χ4n) is 3.74. The molecule has 29 heavy (non-hydrogen) atoms.